The van der Waals surface area contributed by atoms with Crippen LogP contribution in [0.15, 0.2) is 55.6 Å². The zero-order chi connectivity index (χ0) is 30.4. The molecule has 1 aromatic rings. The molecule has 9 heteroatoms. The van der Waals surface area contributed by atoms with Crippen molar-refractivity contribution in [2.45, 2.75) is 85.7 Å². The molecule has 2 bridgehead atoms. The van der Waals surface area contributed by atoms with Crippen LogP contribution in [0.2, 0.25) is 0 Å². The van der Waals surface area contributed by atoms with Gasteiger partial charge in [-0.3, -0.25) is 14.4 Å². The smallest absolute Gasteiger partial charge is 0.247 e. The van der Waals surface area contributed by atoms with Gasteiger partial charge in [-0.25, -0.2) is 0 Å². The van der Waals surface area contributed by atoms with E-state index in [9.17, 15) is 19.5 Å². The van der Waals surface area contributed by atoms with Crippen molar-refractivity contribution >= 4 is 51.1 Å². The first-order valence-electron chi connectivity index (χ1n) is 15.4. The average molecular weight is 661 g/mol. The summed E-state index contributed by atoms with van der Waals surface area (Å²) >= 11 is 5.58. The van der Waals surface area contributed by atoms with E-state index in [4.69, 9.17) is 0 Å². The average Bonchev–Trinajstić information content (AvgIpc) is 3.57. The van der Waals surface area contributed by atoms with Gasteiger partial charge in [0.1, 0.15) is 6.04 Å². The number of likely N-dealkylation sites (tertiary alicyclic amines) is 1. The zero-order valence-corrected chi connectivity index (χ0v) is 27.4. The molecule has 42 heavy (non-hydrogen) atoms. The Bertz CT molecular complexity index is 1140. The van der Waals surface area contributed by atoms with Crippen molar-refractivity contribution in [3.8, 4) is 0 Å². The Balaban J connectivity index is 1.74. The molecule has 0 aromatic heterocycles. The van der Waals surface area contributed by atoms with Gasteiger partial charge in [-0.2, -0.15) is 0 Å². The molecule has 7 atom stereocenters. The molecule has 0 aliphatic carbocycles. The molecule has 3 aliphatic rings. The second-order valence-corrected chi connectivity index (χ2v) is 14.5. The van der Waals surface area contributed by atoms with Gasteiger partial charge in [0.2, 0.25) is 17.7 Å². The van der Waals surface area contributed by atoms with Gasteiger partial charge >= 0.3 is 0 Å². The number of para-hydroxylation sites is 1. The van der Waals surface area contributed by atoms with E-state index < -0.39 is 22.6 Å². The number of unbranched alkanes of at least 4 members (excludes halogenated alkanes) is 3. The third kappa shape index (κ3) is 6.11. The number of hydrogen-bond donors (Lipinski definition) is 1. The van der Waals surface area contributed by atoms with Crippen LogP contribution in [0.5, 0.6) is 0 Å². The number of alkyl halides is 1. The van der Waals surface area contributed by atoms with Crippen molar-refractivity contribution in [2.75, 3.05) is 31.1 Å². The Hall–Kier alpha value is -2.10. The maximum atomic E-state index is 14.6. The first kappa shape index (κ1) is 32.8. The summed E-state index contributed by atoms with van der Waals surface area (Å²) in [6.45, 7) is 13.4. The third-order valence-electron chi connectivity index (χ3n) is 9.11. The lowest BCUT2D eigenvalue weighted by molar-refractivity contribution is -0.143. The van der Waals surface area contributed by atoms with Crippen molar-refractivity contribution in [1.82, 2.24) is 9.80 Å². The van der Waals surface area contributed by atoms with Gasteiger partial charge in [0, 0.05) is 48.0 Å². The van der Waals surface area contributed by atoms with Crippen LogP contribution in [0, 0.1) is 11.8 Å². The van der Waals surface area contributed by atoms with E-state index >= 15 is 0 Å². The highest BCUT2D eigenvalue weighted by Crippen LogP contribution is 2.68. The van der Waals surface area contributed by atoms with Crippen molar-refractivity contribution in [3.05, 3.63) is 55.6 Å². The predicted octanol–water partition coefficient (Wildman–Crippen LogP) is 5.43. The summed E-state index contributed by atoms with van der Waals surface area (Å²) in [6, 6.07) is 8.93. The minimum atomic E-state index is -0.680. The highest BCUT2D eigenvalue weighted by atomic mass is 79.9. The fourth-order valence-corrected chi connectivity index (χ4v) is 10.9. The van der Waals surface area contributed by atoms with Gasteiger partial charge in [-0.05, 0) is 44.7 Å². The van der Waals surface area contributed by atoms with E-state index in [1.165, 1.54) is 0 Å². The summed E-state index contributed by atoms with van der Waals surface area (Å²) in [5.41, 5.74) is 0.778. The summed E-state index contributed by atoms with van der Waals surface area (Å²) in [7, 11) is 0. The van der Waals surface area contributed by atoms with Gasteiger partial charge in [-0.1, -0.05) is 72.5 Å². The number of fused-ring (bicyclic) bond motifs is 1. The SMILES string of the molecule is C=CCN(C(=O)[C@H]1[C@H]2C(=O)N(CCCCCCO)C(C(=O)N(CC=C)C(C)CCC)C23CC(Br)[C@@H]1S3)c1ccccc1. The molecule has 3 aliphatic heterocycles. The van der Waals surface area contributed by atoms with Crippen molar-refractivity contribution in [2.24, 2.45) is 11.8 Å². The largest absolute Gasteiger partial charge is 0.396 e. The van der Waals surface area contributed by atoms with Crippen molar-refractivity contribution in [1.29, 1.82) is 0 Å². The van der Waals surface area contributed by atoms with E-state index in [2.05, 4.69) is 42.9 Å². The van der Waals surface area contributed by atoms with Gasteiger partial charge < -0.3 is 19.8 Å². The number of amides is 3. The van der Waals surface area contributed by atoms with Crippen molar-refractivity contribution < 1.29 is 19.5 Å². The van der Waals surface area contributed by atoms with Gasteiger partial charge in [0.25, 0.3) is 0 Å². The number of hydrogen-bond acceptors (Lipinski definition) is 5. The molecule has 230 valence electrons. The second-order valence-electron chi connectivity index (χ2n) is 11.8. The fraction of sp³-hybridized carbons (Fsp3) is 0.606. The molecule has 1 N–H and O–H groups in total. The minimum Gasteiger partial charge on any atom is -0.396 e. The Morgan fingerprint density at radius 2 is 1.83 bits per heavy atom. The number of carbonyl (C=O) groups is 3. The topological polar surface area (TPSA) is 81.2 Å². The molecular formula is C33H46BrN3O4S. The van der Waals surface area contributed by atoms with Gasteiger partial charge in [-0.15, -0.1) is 24.9 Å². The van der Waals surface area contributed by atoms with E-state index in [1.54, 1.807) is 28.8 Å². The normalized spacial score (nSPS) is 28.4. The van der Waals surface area contributed by atoms with Crippen LogP contribution in [0.4, 0.5) is 5.69 Å². The minimum absolute atomic E-state index is 0.0134. The van der Waals surface area contributed by atoms with Crippen molar-refractivity contribution in [3.63, 3.8) is 0 Å². The van der Waals surface area contributed by atoms with Crippen LogP contribution < -0.4 is 4.90 Å². The number of aliphatic hydroxyl groups excluding tert-OH is 1. The quantitative estimate of drug-likeness (QED) is 0.146. The Kier molecular flexibility index (Phi) is 11.4. The number of halogens is 1. The standard InChI is InChI=1S/C33H46BrN3O4S/c1-5-15-23(4)35(18-6-2)32(41)29-33-22-25(34)28(42-33)26(27(33)31(40)37(29)20-13-8-9-14-21-38)30(39)36(19-7-3)24-16-11-10-12-17-24/h6-7,10-12,16-17,23,25-29,38H,2-3,5,8-9,13-15,18-22H2,1,4H3/t23?,25?,26-,27-,28-,29?,33?/m0/s1. The maximum Gasteiger partial charge on any atom is 0.247 e. The molecule has 3 fully saturated rings. The van der Waals surface area contributed by atoms with Gasteiger partial charge in [0.05, 0.1) is 16.6 Å². The molecule has 1 spiro atoms. The molecule has 3 amide bonds. The number of rotatable bonds is 16. The predicted molar refractivity (Wildman–Crippen MR) is 175 cm³/mol. The van der Waals surface area contributed by atoms with E-state index in [0.29, 0.717) is 26.1 Å². The number of aliphatic hydroxyl groups is 1. The lowest BCUT2D eigenvalue weighted by Gasteiger charge is -2.40. The molecule has 3 saturated heterocycles. The zero-order valence-electron chi connectivity index (χ0n) is 25.0. The molecule has 0 radical (unpaired) electrons. The highest BCUT2D eigenvalue weighted by Gasteiger charge is 2.76. The number of nitrogens with zero attached hydrogens (tertiary/aromatic N) is 3. The highest BCUT2D eigenvalue weighted by molar-refractivity contribution is 9.09. The number of benzene rings is 1. The Morgan fingerprint density at radius 1 is 1.14 bits per heavy atom. The monoisotopic (exact) mass is 659 g/mol. The van der Waals surface area contributed by atoms with E-state index in [1.807, 2.05) is 40.1 Å². The molecule has 1 aromatic carbocycles. The van der Waals surface area contributed by atoms with Crippen LogP contribution in [0.1, 0.15) is 58.8 Å². The van der Waals surface area contributed by atoms with Crippen LogP contribution in [-0.2, 0) is 14.4 Å². The first-order valence-corrected chi connectivity index (χ1v) is 17.2. The van der Waals surface area contributed by atoms with Gasteiger partial charge in [0.15, 0.2) is 0 Å². The van der Waals surface area contributed by atoms with Crippen LogP contribution in [-0.4, -0.2) is 85.8 Å². The Labute approximate surface area is 263 Å². The van der Waals surface area contributed by atoms with Crippen LogP contribution >= 0.6 is 27.7 Å². The molecule has 0 saturated carbocycles. The maximum absolute atomic E-state index is 14.6. The Morgan fingerprint density at radius 3 is 2.48 bits per heavy atom. The number of thioether (sulfide) groups is 1. The first-order chi connectivity index (χ1) is 20.3. The molecule has 4 unspecified atom stereocenters. The van der Waals surface area contributed by atoms with E-state index in [0.717, 1.165) is 44.2 Å². The summed E-state index contributed by atoms with van der Waals surface area (Å²) in [6.07, 6.45) is 9.17. The number of anilines is 1. The fourth-order valence-electron chi connectivity index (χ4n) is 7.28. The van der Waals surface area contributed by atoms with Crippen LogP contribution in [0.3, 0.4) is 0 Å². The summed E-state index contributed by atoms with van der Waals surface area (Å²) in [4.78, 5) is 49.0. The third-order valence-corrected chi connectivity index (χ3v) is 12.3. The summed E-state index contributed by atoms with van der Waals surface area (Å²) in [5, 5.41) is 9.11. The van der Waals surface area contributed by atoms with Crippen LogP contribution in [0.25, 0.3) is 0 Å². The second kappa shape index (κ2) is 14.6. The lowest BCUT2D eigenvalue weighted by Crippen LogP contribution is -2.57. The van der Waals surface area contributed by atoms with E-state index in [-0.39, 0.29) is 40.4 Å². The molecule has 7 nitrogen and oxygen atoms in total. The summed E-state index contributed by atoms with van der Waals surface area (Å²) < 4.78 is -0.680. The number of carbonyl (C=O) groups excluding carboxylic acids is 3. The molecule has 3 heterocycles. The summed E-state index contributed by atoms with van der Waals surface area (Å²) in [5.74, 6) is -1.30. The molecular weight excluding hydrogens is 614 g/mol. The molecule has 4 rings (SSSR count). The lowest BCUT2D eigenvalue weighted by atomic mass is 9.70.